The molecule has 1 fully saturated rings. The molecule has 0 saturated carbocycles. The van der Waals surface area contributed by atoms with E-state index in [9.17, 15) is 28.8 Å². The van der Waals surface area contributed by atoms with Crippen LogP contribution in [-0.4, -0.2) is 89.4 Å². The van der Waals surface area contributed by atoms with Gasteiger partial charge in [-0.3, -0.25) is 33.8 Å². The minimum absolute atomic E-state index is 0.0230. The first-order valence-corrected chi connectivity index (χ1v) is 14.3. The molecular weight excluding hydrogens is 556 g/mol. The van der Waals surface area contributed by atoms with Gasteiger partial charge in [0.2, 0.25) is 29.5 Å². The van der Waals surface area contributed by atoms with E-state index in [-0.39, 0.29) is 24.5 Å². The van der Waals surface area contributed by atoms with Crippen LogP contribution in [0.4, 0.5) is 5.69 Å². The molecule has 14 heteroatoms. The Morgan fingerprint density at radius 1 is 0.930 bits per heavy atom. The van der Waals surface area contributed by atoms with Crippen LogP contribution in [-0.2, 0) is 35.2 Å². The number of hydrogen-bond donors (Lipinski definition) is 6. The zero-order chi connectivity index (χ0) is 32.3. The van der Waals surface area contributed by atoms with E-state index in [0.717, 1.165) is 5.56 Å². The number of nitrogens with zero attached hydrogens (tertiary/aromatic N) is 2. The van der Waals surface area contributed by atoms with Gasteiger partial charge in [-0.1, -0.05) is 12.1 Å². The third-order valence-corrected chi connectivity index (χ3v) is 6.95. The lowest BCUT2D eigenvalue weighted by Crippen LogP contribution is -2.57. The first kappa shape index (κ1) is 34.9. The number of nitrogens with one attached hydrogen (secondary N) is 4. The summed E-state index contributed by atoms with van der Waals surface area (Å²) < 4.78 is 0. The molecule has 5 atom stereocenters. The molecule has 1 heterocycles. The van der Waals surface area contributed by atoms with Crippen molar-refractivity contribution >= 4 is 46.8 Å². The number of amides is 5. The predicted molar refractivity (Wildman–Crippen MR) is 162 cm³/mol. The van der Waals surface area contributed by atoms with Gasteiger partial charge in [-0.2, -0.15) is 0 Å². The summed E-state index contributed by atoms with van der Waals surface area (Å²) in [4.78, 5) is 80.6. The maximum absolute atomic E-state index is 13.2. The van der Waals surface area contributed by atoms with E-state index < -0.39 is 53.8 Å². The molecule has 0 unspecified atom stereocenters. The second-order valence-corrected chi connectivity index (χ2v) is 10.9. The van der Waals surface area contributed by atoms with Gasteiger partial charge in [-0.05, 0) is 71.6 Å². The third-order valence-electron chi connectivity index (χ3n) is 6.95. The van der Waals surface area contributed by atoms with Crippen molar-refractivity contribution < 1.29 is 28.8 Å². The van der Waals surface area contributed by atoms with E-state index in [2.05, 4.69) is 26.3 Å². The molecule has 0 aliphatic carbocycles. The molecule has 5 amide bonds. The molecule has 236 valence electrons. The fourth-order valence-electron chi connectivity index (χ4n) is 4.39. The number of Topliss-reactive ketones (excluding diaryl/α,β-unsaturated/α-hetero) is 1. The van der Waals surface area contributed by atoms with Crippen molar-refractivity contribution in [2.24, 2.45) is 16.5 Å². The quantitative estimate of drug-likeness (QED) is 0.0861. The van der Waals surface area contributed by atoms with Crippen molar-refractivity contribution in [3.05, 3.63) is 29.8 Å². The number of aliphatic imine (C=N–C) groups is 1. The summed E-state index contributed by atoms with van der Waals surface area (Å²) in [6, 6.07) is 2.32. The molecule has 0 radical (unpaired) electrons. The van der Waals surface area contributed by atoms with Gasteiger partial charge in [0.15, 0.2) is 0 Å². The van der Waals surface area contributed by atoms with Gasteiger partial charge in [0, 0.05) is 25.2 Å². The number of carbonyl (C=O) groups is 6. The van der Waals surface area contributed by atoms with E-state index in [0.29, 0.717) is 37.5 Å². The summed E-state index contributed by atoms with van der Waals surface area (Å²) >= 11 is 0. The van der Waals surface area contributed by atoms with E-state index in [4.69, 9.17) is 11.5 Å². The molecule has 0 aromatic heterocycles. The van der Waals surface area contributed by atoms with Crippen LogP contribution in [0.2, 0.25) is 0 Å². The molecule has 1 aliphatic rings. The summed E-state index contributed by atoms with van der Waals surface area (Å²) in [6.07, 6.45) is 1.34. The number of hydrogen-bond acceptors (Lipinski definition) is 8. The van der Waals surface area contributed by atoms with Crippen molar-refractivity contribution in [2.45, 2.75) is 90.5 Å². The van der Waals surface area contributed by atoms with Crippen LogP contribution in [0.1, 0.15) is 59.4 Å². The molecule has 43 heavy (non-hydrogen) atoms. The maximum atomic E-state index is 13.2. The Bertz CT molecular complexity index is 1210. The standard InChI is InChI=1S/C29H44N8O6/c1-16(38)15-21-8-10-22(11-9-21)35-25(39)17(2)34-28(42)24(7-6-13-32-20(5)30)36-26(40)18(3)33-27(41)19(4)37-14-12-23(31)29(37)43/h8-11,17-19,23-24H,6-7,12-15,31H2,1-5H3,(H2,30,32)(H,33,41)(H,34,42)(H,35,39)(H,36,40)/t17-,18-,19-,23+,24-/m0/s1. The number of rotatable bonds is 15. The largest absolute Gasteiger partial charge is 0.388 e. The van der Waals surface area contributed by atoms with Gasteiger partial charge in [0.05, 0.1) is 11.9 Å². The SMILES string of the molecule is CC(=O)Cc1ccc(NC(=O)[C@H](C)NC(=O)[C@H](CCCN=C(C)N)NC(=O)[C@H](C)NC(=O)[C@H](C)N2CC[C@@H](N)C2=O)cc1. The summed E-state index contributed by atoms with van der Waals surface area (Å²) in [7, 11) is 0. The summed E-state index contributed by atoms with van der Waals surface area (Å²) in [5, 5.41) is 10.6. The number of likely N-dealkylation sites (tertiary alicyclic amines) is 1. The molecule has 1 aliphatic heterocycles. The lowest BCUT2D eigenvalue weighted by molar-refractivity contribution is -0.138. The smallest absolute Gasteiger partial charge is 0.246 e. The van der Waals surface area contributed by atoms with Crippen molar-refractivity contribution in [3.8, 4) is 0 Å². The Hall–Kier alpha value is -4.33. The Labute approximate surface area is 251 Å². The molecule has 0 bridgehead atoms. The Kier molecular flexibility index (Phi) is 13.3. The van der Waals surface area contributed by atoms with E-state index >= 15 is 0 Å². The monoisotopic (exact) mass is 600 g/mol. The molecular formula is C29H44N8O6. The highest BCUT2D eigenvalue weighted by Gasteiger charge is 2.35. The number of ketones is 1. The molecule has 2 rings (SSSR count). The van der Waals surface area contributed by atoms with Gasteiger partial charge in [0.1, 0.15) is 30.0 Å². The fraction of sp³-hybridized carbons (Fsp3) is 0.552. The summed E-state index contributed by atoms with van der Waals surface area (Å²) in [5.41, 5.74) is 12.6. The van der Waals surface area contributed by atoms with E-state index in [1.54, 1.807) is 38.1 Å². The Morgan fingerprint density at radius 3 is 2.09 bits per heavy atom. The van der Waals surface area contributed by atoms with Crippen molar-refractivity contribution in [3.63, 3.8) is 0 Å². The average molecular weight is 601 g/mol. The van der Waals surface area contributed by atoms with Crippen LogP contribution in [0.3, 0.4) is 0 Å². The van der Waals surface area contributed by atoms with Gasteiger partial charge in [-0.15, -0.1) is 0 Å². The van der Waals surface area contributed by atoms with Crippen molar-refractivity contribution in [1.29, 1.82) is 0 Å². The Balaban J connectivity index is 2.00. The number of anilines is 1. The number of carbonyl (C=O) groups excluding carboxylic acids is 6. The molecule has 8 N–H and O–H groups in total. The van der Waals surface area contributed by atoms with Crippen LogP contribution in [0, 0.1) is 0 Å². The minimum Gasteiger partial charge on any atom is -0.388 e. The highest BCUT2D eigenvalue weighted by Crippen LogP contribution is 2.14. The fourth-order valence-corrected chi connectivity index (χ4v) is 4.39. The minimum atomic E-state index is -1.03. The summed E-state index contributed by atoms with van der Waals surface area (Å²) in [5.74, 6) is -2.14. The molecule has 1 saturated heterocycles. The second-order valence-electron chi connectivity index (χ2n) is 10.9. The predicted octanol–water partition coefficient (Wildman–Crippen LogP) is -0.644. The zero-order valence-corrected chi connectivity index (χ0v) is 25.4. The lowest BCUT2D eigenvalue weighted by atomic mass is 10.1. The second kappa shape index (κ2) is 16.3. The third kappa shape index (κ3) is 11.1. The van der Waals surface area contributed by atoms with E-state index in [1.807, 2.05) is 0 Å². The number of benzene rings is 1. The van der Waals surface area contributed by atoms with Gasteiger partial charge >= 0.3 is 0 Å². The Morgan fingerprint density at radius 2 is 1.53 bits per heavy atom. The highest BCUT2D eigenvalue weighted by molar-refractivity contribution is 5.99. The van der Waals surface area contributed by atoms with E-state index in [1.165, 1.54) is 25.7 Å². The van der Waals surface area contributed by atoms with Gasteiger partial charge in [-0.25, -0.2) is 0 Å². The summed E-state index contributed by atoms with van der Waals surface area (Å²) in [6.45, 7) is 8.33. The van der Waals surface area contributed by atoms with Gasteiger partial charge < -0.3 is 37.6 Å². The molecule has 1 aromatic carbocycles. The van der Waals surface area contributed by atoms with Crippen molar-refractivity contribution in [2.75, 3.05) is 18.4 Å². The van der Waals surface area contributed by atoms with Crippen LogP contribution in [0.25, 0.3) is 0 Å². The maximum Gasteiger partial charge on any atom is 0.246 e. The first-order valence-electron chi connectivity index (χ1n) is 14.3. The topological polar surface area (TPSA) is 218 Å². The zero-order valence-electron chi connectivity index (χ0n) is 25.4. The van der Waals surface area contributed by atoms with Gasteiger partial charge in [0.25, 0.3) is 0 Å². The highest BCUT2D eigenvalue weighted by atomic mass is 16.2. The van der Waals surface area contributed by atoms with Crippen molar-refractivity contribution in [1.82, 2.24) is 20.9 Å². The van der Waals surface area contributed by atoms with Crippen LogP contribution < -0.4 is 32.7 Å². The molecule has 14 nitrogen and oxygen atoms in total. The number of amidine groups is 1. The lowest BCUT2D eigenvalue weighted by Gasteiger charge is -2.26. The molecule has 0 spiro atoms. The normalized spacial score (nSPS) is 17.8. The van der Waals surface area contributed by atoms with Crippen LogP contribution in [0.5, 0.6) is 0 Å². The average Bonchev–Trinajstić information content (AvgIpc) is 3.27. The number of nitrogens with two attached hydrogens (primary N) is 2. The molecule has 1 aromatic rings. The van der Waals surface area contributed by atoms with Crippen LogP contribution in [0.15, 0.2) is 29.3 Å². The first-order chi connectivity index (χ1) is 20.2. The van der Waals surface area contributed by atoms with Crippen LogP contribution >= 0.6 is 0 Å².